The maximum absolute atomic E-state index is 14.0. The maximum atomic E-state index is 14.0. The predicted molar refractivity (Wildman–Crippen MR) is 138 cm³/mol. The van der Waals surface area contributed by atoms with Crippen LogP contribution in [0, 0.1) is 0 Å². The molecule has 0 amide bonds. The minimum absolute atomic E-state index is 0. The molecular weight excluding hydrogens is 425 g/mol. The summed E-state index contributed by atoms with van der Waals surface area (Å²) >= 11 is 0. The van der Waals surface area contributed by atoms with E-state index in [0.29, 0.717) is 12.8 Å². The molecule has 0 aliphatic heterocycles. The smallest absolute Gasteiger partial charge is 0.299 e. The molecule has 0 saturated carbocycles. The molecule has 196 valence electrons. The van der Waals surface area contributed by atoms with Gasteiger partial charge in [-0.1, -0.05) is 136 Å². The van der Waals surface area contributed by atoms with Gasteiger partial charge in [0.1, 0.15) is 0 Å². The van der Waals surface area contributed by atoms with Crippen LogP contribution in [-0.2, 0) is 14.3 Å². The third-order valence-corrected chi connectivity index (χ3v) is 7.45. The van der Waals surface area contributed by atoms with Gasteiger partial charge >= 0.3 is 0 Å². The van der Waals surface area contributed by atoms with E-state index in [9.17, 15) is 12.8 Å². The summed E-state index contributed by atoms with van der Waals surface area (Å²) in [6.07, 6.45) is 25.0. The quantitative estimate of drug-likeness (QED) is 0.104. The Kier molecular flexibility index (Phi) is 27.0. The van der Waals surface area contributed by atoms with Crippen LogP contribution < -0.4 is 6.15 Å². The molecule has 4 nitrogen and oxygen atoms in total. The minimum Gasteiger partial charge on any atom is -0.344 e. The van der Waals surface area contributed by atoms with Crippen molar-refractivity contribution in [2.45, 2.75) is 161 Å². The van der Waals surface area contributed by atoms with Crippen LogP contribution in [0.15, 0.2) is 0 Å². The summed E-state index contributed by atoms with van der Waals surface area (Å²) in [7, 11) is -4.05. The van der Waals surface area contributed by atoms with Crippen LogP contribution in [0.1, 0.15) is 155 Å². The van der Waals surface area contributed by atoms with Crippen molar-refractivity contribution in [1.29, 1.82) is 0 Å². The molecule has 1 atom stereocenters. The number of rotatable bonds is 25. The highest BCUT2D eigenvalue weighted by molar-refractivity contribution is 7.87. The second-order valence-electron chi connectivity index (χ2n) is 9.23. The zero-order chi connectivity index (χ0) is 23.0. The summed E-state index contributed by atoms with van der Waals surface area (Å²) in [6.45, 7) is 4.56. The minimum atomic E-state index is -4.05. The summed E-state index contributed by atoms with van der Waals surface area (Å²) in [6, 6.07) is 0. The summed E-state index contributed by atoms with van der Waals surface area (Å²) in [5.74, 6) is 0. The second kappa shape index (κ2) is 25.4. The standard InChI is InChI=1S/C26H53FO3S.H3N/c1-3-5-7-9-11-12-13-14-15-16-17-19-21-23-25-30-31(28,29)26(27)24-22-20-18-10-8-6-4-2;/h26H,3-25H2,1-2H3;1H3. The Bertz CT molecular complexity index is 460. The fourth-order valence-corrected chi connectivity index (χ4v) is 4.90. The molecule has 6 heteroatoms. The summed E-state index contributed by atoms with van der Waals surface area (Å²) in [5.41, 5.74) is -1.87. The zero-order valence-electron chi connectivity index (χ0n) is 21.6. The van der Waals surface area contributed by atoms with Crippen molar-refractivity contribution in [1.82, 2.24) is 6.15 Å². The van der Waals surface area contributed by atoms with Crippen molar-refractivity contribution < 1.29 is 17.0 Å². The van der Waals surface area contributed by atoms with E-state index in [4.69, 9.17) is 4.18 Å². The lowest BCUT2D eigenvalue weighted by Gasteiger charge is -2.10. The number of hydrogen-bond donors (Lipinski definition) is 1. The van der Waals surface area contributed by atoms with E-state index in [2.05, 4.69) is 13.8 Å². The highest BCUT2D eigenvalue weighted by Gasteiger charge is 2.25. The third-order valence-electron chi connectivity index (χ3n) is 6.09. The van der Waals surface area contributed by atoms with Gasteiger partial charge in [0.2, 0.25) is 5.50 Å². The molecule has 0 aromatic carbocycles. The topological polar surface area (TPSA) is 78.4 Å². The van der Waals surface area contributed by atoms with Gasteiger partial charge in [-0.15, -0.1) is 0 Å². The molecule has 3 N–H and O–H groups in total. The summed E-state index contributed by atoms with van der Waals surface area (Å²) in [5, 5.41) is 0. The zero-order valence-corrected chi connectivity index (χ0v) is 22.4. The Morgan fingerprint density at radius 3 is 1.25 bits per heavy atom. The molecule has 0 aromatic rings. The summed E-state index contributed by atoms with van der Waals surface area (Å²) < 4.78 is 42.6. The van der Waals surface area contributed by atoms with E-state index in [0.717, 1.165) is 32.1 Å². The lowest BCUT2D eigenvalue weighted by atomic mass is 10.0. The van der Waals surface area contributed by atoms with Crippen LogP contribution >= 0.6 is 0 Å². The van der Waals surface area contributed by atoms with Crippen molar-refractivity contribution in [3.05, 3.63) is 0 Å². The van der Waals surface area contributed by atoms with Crippen molar-refractivity contribution >= 4 is 10.1 Å². The highest BCUT2D eigenvalue weighted by atomic mass is 32.2. The first-order valence-electron chi connectivity index (χ1n) is 13.6. The van der Waals surface area contributed by atoms with Gasteiger partial charge in [-0.05, 0) is 19.3 Å². The number of hydrogen-bond acceptors (Lipinski definition) is 4. The fraction of sp³-hybridized carbons (Fsp3) is 1.00. The van der Waals surface area contributed by atoms with E-state index in [1.165, 1.54) is 89.9 Å². The number of halogens is 1. The molecular formula is C26H56FNO3S. The van der Waals surface area contributed by atoms with Crippen molar-refractivity contribution in [3.8, 4) is 0 Å². The monoisotopic (exact) mass is 481 g/mol. The van der Waals surface area contributed by atoms with Gasteiger partial charge in [-0.3, -0.25) is 4.18 Å². The van der Waals surface area contributed by atoms with Crippen LogP contribution in [0.4, 0.5) is 4.39 Å². The molecule has 0 aromatic heterocycles. The molecule has 0 saturated heterocycles. The Morgan fingerprint density at radius 1 is 0.562 bits per heavy atom. The first-order chi connectivity index (χ1) is 15.0. The number of alkyl halides is 1. The third kappa shape index (κ3) is 23.0. The van der Waals surface area contributed by atoms with Crippen LogP contribution in [0.25, 0.3) is 0 Å². The predicted octanol–water partition coefficient (Wildman–Crippen LogP) is 9.41. The molecule has 32 heavy (non-hydrogen) atoms. The van der Waals surface area contributed by atoms with Crippen LogP contribution in [0.3, 0.4) is 0 Å². The highest BCUT2D eigenvalue weighted by Crippen LogP contribution is 2.17. The lowest BCUT2D eigenvalue weighted by Crippen LogP contribution is -2.19. The van der Waals surface area contributed by atoms with E-state index in [-0.39, 0.29) is 19.2 Å². The van der Waals surface area contributed by atoms with Gasteiger partial charge in [0.15, 0.2) is 0 Å². The molecule has 0 radical (unpaired) electrons. The van der Waals surface area contributed by atoms with Gasteiger partial charge in [0.05, 0.1) is 6.61 Å². The molecule has 0 heterocycles. The van der Waals surface area contributed by atoms with Crippen molar-refractivity contribution in [2.24, 2.45) is 0 Å². The van der Waals surface area contributed by atoms with Gasteiger partial charge in [-0.2, -0.15) is 8.42 Å². The largest absolute Gasteiger partial charge is 0.344 e. The maximum Gasteiger partial charge on any atom is 0.299 e. The molecule has 0 rings (SSSR count). The molecule has 0 spiro atoms. The molecule has 0 aliphatic rings. The van der Waals surface area contributed by atoms with E-state index in [1.807, 2.05) is 0 Å². The summed E-state index contributed by atoms with van der Waals surface area (Å²) in [4.78, 5) is 0. The van der Waals surface area contributed by atoms with E-state index >= 15 is 0 Å². The average Bonchev–Trinajstić information content (AvgIpc) is 2.75. The SMILES string of the molecule is CCCCCCCCCCCCCCCCOS(=O)(=O)C(F)CCCCCCCCC.N. The molecule has 0 fully saturated rings. The van der Waals surface area contributed by atoms with Crippen molar-refractivity contribution in [3.63, 3.8) is 0 Å². The average molecular weight is 482 g/mol. The molecule has 0 bridgehead atoms. The van der Waals surface area contributed by atoms with Gasteiger partial charge in [-0.25, -0.2) is 4.39 Å². The Hall–Kier alpha value is -0.200. The van der Waals surface area contributed by atoms with Gasteiger partial charge in [0.25, 0.3) is 10.1 Å². The van der Waals surface area contributed by atoms with Gasteiger partial charge < -0.3 is 6.15 Å². The Morgan fingerprint density at radius 2 is 0.875 bits per heavy atom. The normalized spacial score (nSPS) is 12.6. The van der Waals surface area contributed by atoms with Gasteiger partial charge in [0, 0.05) is 0 Å². The Balaban J connectivity index is 0. The molecule has 1 unspecified atom stereocenters. The van der Waals surface area contributed by atoms with Crippen molar-refractivity contribution in [2.75, 3.05) is 6.61 Å². The van der Waals surface area contributed by atoms with Crippen LogP contribution in [0.5, 0.6) is 0 Å². The van der Waals surface area contributed by atoms with Crippen LogP contribution in [0.2, 0.25) is 0 Å². The van der Waals surface area contributed by atoms with E-state index in [1.54, 1.807) is 0 Å². The van der Waals surface area contributed by atoms with E-state index < -0.39 is 15.6 Å². The molecule has 0 aliphatic carbocycles. The van der Waals surface area contributed by atoms with Crippen LogP contribution in [-0.4, -0.2) is 20.5 Å². The second-order valence-corrected chi connectivity index (χ2v) is 11.0. The lowest BCUT2D eigenvalue weighted by molar-refractivity contribution is 0.270. The Labute approximate surface area is 200 Å². The number of unbranched alkanes of at least 4 members (excludes halogenated alkanes) is 19. The fourth-order valence-electron chi connectivity index (χ4n) is 3.95. The first-order valence-corrected chi connectivity index (χ1v) is 15.0. The first kappa shape index (κ1) is 34.0.